The molecule has 0 saturated heterocycles. The number of benzene rings is 3. The lowest BCUT2D eigenvalue weighted by atomic mass is 9.99. The summed E-state index contributed by atoms with van der Waals surface area (Å²) >= 11 is 0. The molecule has 0 aliphatic heterocycles. The Labute approximate surface area is 555 Å². The molecule has 6 rings (SSSR count). The minimum atomic E-state index is -1.40. The van der Waals surface area contributed by atoms with Crippen molar-refractivity contribution in [1.29, 1.82) is 0 Å². The van der Waals surface area contributed by atoms with Gasteiger partial charge in [-0.05, 0) is 163 Å². The molecule has 0 spiro atoms. The van der Waals surface area contributed by atoms with Crippen molar-refractivity contribution in [2.45, 2.75) is 184 Å². The fraction of sp³-hybridized carbons (Fsp3) is 0.515. The minimum Gasteiger partial charge on any atom is -0.368 e. The summed E-state index contributed by atoms with van der Waals surface area (Å²) in [6.07, 6.45) is 10.8. The predicted octanol–water partition coefficient (Wildman–Crippen LogP) is 1.15. The van der Waals surface area contributed by atoms with Gasteiger partial charge in [0.25, 0.3) is 0 Å². The number of hydrogen-bond acceptors (Lipinski definition) is 15. The van der Waals surface area contributed by atoms with Gasteiger partial charge in [0.05, 0.1) is 6.04 Å². The third-order valence-corrected chi connectivity index (χ3v) is 17.1. The number of H-pyrrole nitrogens is 3. The second-order valence-corrected chi connectivity index (χ2v) is 24.8. The number of unbranched alkanes of at least 4 members (excludes halogenated alkanes) is 5. The normalized spacial score (nSPS) is 14.4. The van der Waals surface area contributed by atoms with Crippen LogP contribution in [0, 0.1) is 5.92 Å². The number of fused-ring (bicyclic) bond motifs is 3. The first-order chi connectivity index (χ1) is 45.8. The highest BCUT2D eigenvalue weighted by Gasteiger charge is 2.37. The fourth-order valence-electron chi connectivity index (χ4n) is 11.6. The van der Waals surface area contributed by atoms with Gasteiger partial charge in [-0.1, -0.05) is 74.9 Å². The molecular weight excluding hydrogens is 1210 g/mol. The maximum Gasteiger partial charge on any atom is 0.243 e. The molecule has 9 amide bonds. The zero-order valence-electron chi connectivity index (χ0n) is 54.9. The number of amides is 9. The topological polar surface area (TPSA) is 479 Å². The van der Waals surface area contributed by atoms with Gasteiger partial charge in [-0.2, -0.15) is 0 Å². The van der Waals surface area contributed by atoms with Crippen molar-refractivity contribution in [3.8, 4) is 0 Å². The van der Waals surface area contributed by atoms with Crippen LogP contribution in [-0.4, -0.2) is 155 Å². The molecule has 0 fully saturated rings. The maximum atomic E-state index is 15.3. The lowest BCUT2D eigenvalue weighted by Gasteiger charge is -2.29. The highest BCUT2D eigenvalue weighted by molar-refractivity contribution is 5.99. The average Bonchev–Trinajstić information content (AvgIpc) is 1.75. The lowest BCUT2D eigenvalue weighted by molar-refractivity contribution is -0.136. The molecule has 0 radical (unpaired) electrons. The highest BCUT2D eigenvalue weighted by atomic mass is 16.2. The first-order valence-corrected chi connectivity index (χ1v) is 33.4. The van der Waals surface area contributed by atoms with Crippen LogP contribution in [0.25, 0.3) is 32.7 Å². The summed E-state index contributed by atoms with van der Waals surface area (Å²) in [6.45, 7) is 5.10. The van der Waals surface area contributed by atoms with Gasteiger partial charge in [-0.25, -0.2) is 0 Å². The Kier molecular flexibility index (Phi) is 31.1. The van der Waals surface area contributed by atoms with Crippen LogP contribution in [0.5, 0.6) is 0 Å². The van der Waals surface area contributed by atoms with Gasteiger partial charge in [0.2, 0.25) is 53.2 Å². The molecule has 3 heterocycles. The van der Waals surface area contributed by atoms with Gasteiger partial charge in [-0.15, -0.1) is 0 Å². The van der Waals surface area contributed by atoms with E-state index in [9.17, 15) is 28.8 Å². The van der Waals surface area contributed by atoms with Crippen LogP contribution >= 0.6 is 0 Å². The van der Waals surface area contributed by atoms with Gasteiger partial charge >= 0.3 is 0 Å². The van der Waals surface area contributed by atoms with Crippen LogP contribution in [0.1, 0.15) is 127 Å². The van der Waals surface area contributed by atoms with Crippen LogP contribution in [0.15, 0.2) is 91.4 Å². The Morgan fingerprint density at radius 2 is 0.621 bits per heavy atom. The van der Waals surface area contributed by atoms with E-state index in [1.54, 1.807) is 32.4 Å². The van der Waals surface area contributed by atoms with Crippen molar-refractivity contribution >= 4 is 85.9 Å². The molecule has 9 atom stereocenters. The summed E-state index contributed by atoms with van der Waals surface area (Å²) in [7, 11) is 0. The first-order valence-electron chi connectivity index (χ1n) is 33.4. The standard InChI is InChI=1S/C68H102N18O9/c1-41(2)59(68(95)79-52(60(75)87)26-10-15-31-70)86-67(94)58(37-44-40-78-51-25-8-5-21-47(44)51)84-64(91)55(29-13-18-34-73)81-62(89)54(28-12-17-33-72)82-65(92)56(35-42-38-76-49-23-6-3-19-45(42)49)85-66(93)57(36-43-39-77-50-24-7-4-20-46(43)50)83-63(90)53(27-11-16-32-71)80-61(88)48(74)22-9-14-30-69/h3-8,19-21,23-25,38-41,48,52-59,76-78H,9-18,22,26-37,69-74H2,1-2H3,(H2,75,87)(H,79,95)(H,80,88)(H,81,89)(H,82,92)(H,83,90)(H,84,91)(H,85,93)(H,86,94)/t48-,52-,53-,54-,55-,56-,57-,58-,59-/m0/s1. The van der Waals surface area contributed by atoms with Crippen molar-refractivity contribution in [2.24, 2.45) is 46.1 Å². The summed E-state index contributed by atoms with van der Waals surface area (Å²) < 4.78 is 0. The van der Waals surface area contributed by atoms with Crippen LogP contribution in [0.4, 0.5) is 0 Å². The summed E-state index contributed by atoms with van der Waals surface area (Å²) in [4.78, 5) is 139. The SMILES string of the molecule is CC(C)[C@H](NC(=O)[C@H](Cc1c[nH]c2ccccc12)NC(=O)[C@H](CCCCN)NC(=O)[C@H](CCCCN)NC(=O)[C@H](Cc1c[nH]c2ccccc12)NC(=O)[C@H](Cc1c[nH]c2ccccc12)NC(=O)[C@H](CCCCN)NC(=O)[C@@H](N)CCCCN)C(=O)N[C@@H](CCCCN)C(N)=O. The monoisotopic (exact) mass is 1310 g/mol. The maximum absolute atomic E-state index is 15.3. The number of carbonyl (C=O) groups is 9. The van der Waals surface area contributed by atoms with E-state index >= 15 is 14.4 Å². The number of aromatic amines is 3. The molecule has 0 bridgehead atoms. The molecule has 95 heavy (non-hydrogen) atoms. The fourth-order valence-corrected chi connectivity index (χ4v) is 11.6. The molecular formula is C68H102N18O9. The van der Waals surface area contributed by atoms with Crippen molar-refractivity contribution in [3.63, 3.8) is 0 Å². The summed E-state index contributed by atoms with van der Waals surface area (Å²) in [6, 6.07) is 11.3. The van der Waals surface area contributed by atoms with E-state index in [0.717, 1.165) is 32.7 Å². The quantitative estimate of drug-likeness (QED) is 0.0239. The van der Waals surface area contributed by atoms with E-state index in [0.29, 0.717) is 107 Å². The van der Waals surface area contributed by atoms with E-state index in [1.807, 2.05) is 72.8 Å². The van der Waals surface area contributed by atoms with Gasteiger partial charge < -0.3 is 97.6 Å². The summed E-state index contributed by atoms with van der Waals surface area (Å²) in [5, 5.41) is 25.1. The third kappa shape index (κ3) is 23.0. The summed E-state index contributed by atoms with van der Waals surface area (Å²) in [5.74, 6) is -6.89. The average molecular weight is 1320 g/mol. The molecule has 6 aromatic rings. The lowest BCUT2D eigenvalue weighted by Crippen LogP contribution is -2.61. The third-order valence-electron chi connectivity index (χ3n) is 17.1. The second-order valence-electron chi connectivity index (χ2n) is 24.8. The van der Waals surface area contributed by atoms with Crippen LogP contribution in [0.3, 0.4) is 0 Å². The van der Waals surface area contributed by atoms with Crippen LogP contribution < -0.4 is 82.7 Å². The molecule has 0 saturated carbocycles. The second kappa shape index (κ2) is 39.2. The Bertz CT molecular complexity index is 3460. The molecule has 0 aliphatic carbocycles. The largest absolute Gasteiger partial charge is 0.368 e. The number of nitrogens with one attached hydrogen (secondary N) is 11. The van der Waals surface area contributed by atoms with Crippen molar-refractivity contribution in [2.75, 3.05) is 32.7 Å². The molecule has 0 aliphatic rings. The Morgan fingerprint density at radius 3 is 0.947 bits per heavy atom. The Hall–Kier alpha value is -8.73. The van der Waals surface area contributed by atoms with Gasteiger partial charge in [0, 0.05) is 70.6 Å². The van der Waals surface area contributed by atoms with Crippen molar-refractivity contribution in [3.05, 3.63) is 108 Å². The number of aromatic nitrogens is 3. The molecule has 518 valence electrons. The molecule has 27 heteroatoms. The van der Waals surface area contributed by atoms with Gasteiger partial charge in [0.1, 0.15) is 48.3 Å². The van der Waals surface area contributed by atoms with E-state index in [4.69, 9.17) is 40.1 Å². The summed E-state index contributed by atoms with van der Waals surface area (Å²) in [5.41, 5.74) is 45.4. The number of hydrogen-bond donors (Lipinski definition) is 18. The minimum absolute atomic E-state index is 0.0424. The number of rotatable bonds is 44. The number of para-hydroxylation sites is 3. The molecule has 25 N–H and O–H groups in total. The molecule has 3 aromatic carbocycles. The van der Waals surface area contributed by atoms with Gasteiger partial charge in [-0.3, -0.25) is 43.2 Å². The Balaban J connectivity index is 1.32. The van der Waals surface area contributed by atoms with Crippen molar-refractivity contribution < 1.29 is 43.2 Å². The zero-order valence-corrected chi connectivity index (χ0v) is 54.9. The number of carbonyl (C=O) groups excluding carboxylic acids is 9. The van der Waals surface area contributed by atoms with Crippen molar-refractivity contribution in [1.82, 2.24) is 57.5 Å². The van der Waals surface area contributed by atoms with E-state index in [2.05, 4.69) is 57.5 Å². The smallest absolute Gasteiger partial charge is 0.243 e. The van der Waals surface area contributed by atoms with E-state index in [-0.39, 0.29) is 58.0 Å². The first kappa shape index (κ1) is 75.3. The van der Waals surface area contributed by atoms with Gasteiger partial charge in [0.15, 0.2) is 0 Å². The van der Waals surface area contributed by atoms with E-state index in [1.165, 1.54) is 0 Å². The van der Waals surface area contributed by atoms with Crippen LogP contribution in [0.2, 0.25) is 0 Å². The predicted molar refractivity (Wildman–Crippen MR) is 368 cm³/mol. The molecule has 27 nitrogen and oxygen atoms in total. The zero-order chi connectivity index (χ0) is 68.8. The highest BCUT2D eigenvalue weighted by Crippen LogP contribution is 2.24. The molecule has 3 aromatic heterocycles. The number of primary amides is 1. The van der Waals surface area contributed by atoms with Crippen LogP contribution in [-0.2, 0) is 62.4 Å². The number of nitrogens with two attached hydrogens (primary N) is 7. The molecule has 0 unspecified atom stereocenters. The van der Waals surface area contributed by atoms with E-state index < -0.39 is 113 Å². The Morgan fingerprint density at radius 1 is 0.347 bits per heavy atom.